The number of hydrogen-bond donors (Lipinski definition) is 2. The zero-order chi connectivity index (χ0) is 26.8. The van der Waals surface area contributed by atoms with Crippen LogP contribution in [0, 0.1) is 11.2 Å². The van der Waals surface area contributed by atoms with Crippen molar-refractivity contribution in [2.45, 2.75) is 82.5 Å². The molecule has 2 aromatic carbocycles. The zero-order valence-corrected chi connectivity index (χ0v) is 22.8. The van der Waals surface area contributed by atoms with E-state index in [2.05, 4.69) is 23.5 Å². The summed E-state index contributed by atoms with van der Waals surface area (Å²) in [6.07, 6.45) is 10.4. The van der Waals surface area contributed by atoms with E-state index in [-0.39, 0.29) is 12.2 Å². The molecule has 0 amide bonds. The number of rotatable bonds is 10. The summed E-state index contributed by atoms with van der Waals surface area (Å²) in [4.78, 5) is 14.5. The second kappa shape index (κ2) is 11.6. The molecule has 3 aliphatic heterocycles. The van der Waals surface area contributed by atoms with Crippen molar-refractivity contribution in [2.75, 3.05) is 38.2 Å². The summed E-state index contributed by atoms with van der Waals surface area (Å²) in [7, 11) is 0. The maximum atomic E-state index is 14.4. The predicted octanol–water partition coefficient (Wildman–Crippen LogP) is 6.06. The lowest BCUT2D eigenvalue weighted by atomic mass is 9.86. The van der Waals surface area contributed by atoms with Crippen LogP contribution in [-0.4, -0.2) is 54.9 Å². The number of carboxylic acid groups (broad SMARTS) is 1. The monoisotopic (exact) mass is 536 g/mol. The molecular formula is C32H41FN2O4. The number of hydrogen-bond acceptors (Lipinski definition) is 5. The smallest absolute Gasteiger partial charge is 0.325 e. The first kappa shape index (κ1) is 26.7. The first-order chi connectivity index (χ1) is 19.0. The molecule has 3 fully saturated rings. The van der Waals surface area contributed by atoms with Crippen molar-refractivity contribution >= 4 is 11.7 Å². The van der Waals surface area contributed by atoms with Gasteiger partial charge in [0.1, 0.15) is 11.9 Å². The molecule has 0 aromatic heterocycles. The molecule has 4 aliphatic rings. The Morgan fingerprint density at radius 1 is 1.21 bits per heavy atom. The highest BCUT2D eigenvalue weighted by molar-refractivity contribution is 5.76. The SMILES string of the molecule is O=C(O)[C@H](c1cc(F)ccc1[C@@H]1CC2(CCO1)CC2)N1CC[C@@H](OCCCCc2ccc3c(c2)NCCC3)C1. The second-order valence-corrected chi connectivity index (χ2v) is 12.1. The third kappa shape index (κ3) is 6.16. The van der Waals surface area contributed by atoms with Gasteiger partial charge < -0.3 is 19.9 Å². The molecule has 6 nitrogen and oxygen atoms in total. The van der Waals surface area contributed by atoms with Gasteiger partial charge in [-0.05, 0) is 110 Å². The number of nitrogens with zero attached hydrogens (tertiary/aromatic N) is 1. The van der Waals surface area contributed by atoms with Gasteiger partial charge in [-0.15, -0.1) is 0 Å². The predicted molar refractivity (Wildman–Crippen MR) is 148 cm³/mol. The van der Waals surface area contributed by atoms with E-state index in [0.717, 1.165) is 57.1 Å². The van der Waals surface area contributed by atoms with Crippen molar-refractivity contribution in [3.05, 3.63) is 64.5 Å². The Morgan fingerprint density at radius 2 is 2.10 bits per heavy atom. The van der Waals surface area contributed by atoms with Gasteiger partial charge in [-0.1, -0.05) is 18.2 Å². The molecule has 0 bridgehead atoms. The summed E-state index contributed by atoms with van der Waals surface area (Å²) in [6.45, 7) is 3.57. The molecule has 0 radical (unpaired) electrons. The van der Waals surface area contributed by atoms with Crippen LogP contribution in [0.5, 0.6) is 0 Å². The highest BCUT2D eigenvalue weighted by Gasteiger charge is 2.47. The topological polar surface area (TPSA) is 71.0 Å². The molecule has 2 aromatic rings. The molecule has 3 heterocycles. The maximum Gasteiger partial charge on any atom is 0.325 e. The Bertz CT molecular complexity index is 1180. The Hall–Kier alpha value is -2.48. The molecule has 3 atom stereocenters. The van der Waals surface area contributed by atoms with Crippen LogP contribution in [-0.2, 0) is 27.1 Å². The van der Waals surface area contributed by atoms with Gasteiger partial charge in [0.15, 0.2) is 0 Å². The van der Waals surface area contributed by atoms with Crippen molar-refractivity contribution in [3.8, 4) is 0 Å². The largest absolute Gasteiger partial charge is 0.480 e. The summed E-state index contributed by atoms with van der Waals surface area (Å²) in [5, 5.41) is 13.8. The fraction of sp³-hybridized carbons (Fsp3) is 0.594. The van der Waals surface area contributed by atoms with E-state index in [1.807, 2.05) is 4.90 Å². The number of carbonyl (C=O) groups is 1. The quantitative estimate of drug-likeness (QED) is 0.360. The van der Waals surface area contributed by atoms with Crippen molar-refractivity contribution < 1.29 is 23.8 Å². The van der Waals surface area contributed by atoms with E-state index in [1.165, 1.54) is 48.2 Å². The number of likely N-dealkylation sites (tertiary alicyclic amines) is 1. The average Bonchev–Trinajstić information content (AvgIpc) is 3.51. The zero-order valence-electron chi connectivity index (χ0n) is 22.8. The van der Waals surface area contributed by atoms with Crippen LogP contribution < -0.4 is 5.32 Å². The van der Waals surface area contributed by atoms with Crippen LogP contribution in [0.25, 0.3) is 0 Å². The fourth-order valence-corrected chi connectivity index (χ4v) is 6.83. The number of nitrogens with one attached hydrogen (secondary N) is 1. The van der Waals surface area contributed by atoms with Gasteiger partial charge in [0, 0.05) is 38.5 Å². The number of ether oxygens (including phenoxy) is 2. The molecule has 1 saturated carbocycles. The lowest BCUT2D eigenvalue weighted by molar-refractivity contribution is -0.143. The number of anilines is 1. The highest BCUT2D eigenvalue weighted by atomic mass is 19.1. The van der Waals surface area contributed by atoms with Gasteiger partial charge in [-0.3, -0.25) is 9.69 Å². The Balaban J connectivity index is 1.03. The number of unbranched alkanes of at least 4 members (excludes halogenated alkanes) is 1. The number of fused-ring (bicyclic) bond motifs is 1. The Labute approximate surface area is 230 Å². The number of aryl methyl sites for hydroxylation is 2. The third-order valence-corrected chi connectivity index (χ3v) is 9.32. The summed E-state index contributed by atoms with van der Waals surface area (Å²) >= 11 is 0. The molecule has 1 spiro atoms. The maximum absolute atomic E-state index is 14.4. The van der Waals surface area contributed by atoms with E-state index >= 15 is 0 Å². The minimum atomic E-state index is -0.945. The average molecular weight is 537 g/mol. The minimum absolute atomic E-state index is 0.00234. The van der Waals surface area contributed by atoms with Gasteiger partial charge in [0.25, 0.3) is 0 Å². The molecule has 7 heteroatoms. The van der Waals surface area contributed by atoms with Crippen LogP contribution >= 0.6 is 0 Å². The normalized spacial score (nSPS) is 24.7. The fourth-order valence-electron chi connectivity index (χ4n) is 6.83. The second-order valence-electron chi connectivity index (χ2n) is 12.1. The summed E-state index contributed by atoms with van der Waals surface area (Å²) in [6, 6.07) is 10.5. The molecule has 2 saturated heterocycles. The van der Waals surface area contributed by atoms with Gasteiger partial charge >= 0.3 is 5.97 Å². The van der Waals surface area contributed by atoms with Crippen LogP contribution in [0.1, 0.15) is 85.8 Å². The molecule has 6 rings (SSSR count). The van der Waals surface area contributed by atoms with Crippen LogP contribution in [0.4, 0.5) is 10.1 Å². The highest BCUT2D eigenvalue weighted by Crippen LogP contribution is 2.58. The van der Waals surface area contributed by atoms with E-state index < -0.39 is 17.8 Å². The first-order valence-electron chi connectivity index (χ1n) is 14.8. The van der Waals surface area contributed by atoms with Crippen molar-refractivity contribution in [1.82, 2.24) is 4.90 Å². The Kier molecular flexibility index (Phi) is 7.92. The minimum Gasteiger partial charge on any atom is -0.480 e. The summed E-state index contributed by atoms with van der Waals surface area (Å²) in [5.41, 5.74) is 5.78. The number of aliphatic carboxylic acids is 1. The van der Waals surface area contributed by atoms with Crippen LogP contribution in [0.2, 0.25) is 0 Å². The summed E-state index contributed by atoms with van der Waals surface area (Å²) < 4.78 is 26.7. The van der Waals surface area contributed by atoms with Gasteiger partial charge in [-0.2, -0.15) is 0 Å². The van der Waals surface area contributed by atoms with Gasteiger partial charge in [0.2, 0.25) is 0 Å². The molecule has 0 unspecified atom stereocenters. The number of benzene rings is 2. The lowest BCUT2D eigenvalue weighted by Crippen LogP contribution is -2.35. The molecule has 39 heavy (non-hydrogen) atoms. The van der Waals surface area contributed by atoms with Crippen molar-refractivity contribution in [3.63, 3.8) is 0 Å². The molecular weight excluding hydrogens is 495 g/mol. The standard InChI is InChI=1S/C32H41FN2O4/c33-24-8-9-26(29-20-32(11-12-32)13-17-39-29)27(19-24)30(31(36)37)35-15-10-25(21-35)38-16-2-1-4-22-6-7-23-5-3-14-34-28(23)18-22/h6-9,18-19,25,29-30,34H,1-5,10-17,20-21H2,(H,36,37)/t25-,29+,30+/m1/s1. The lowest BCUT2D eigenvalue weighted by Gasteiger charge is -2.33. The number of carboxylic acids is 1. The summed E-state index contributed by atoms with van der Waals surface area (Å²) in [5.74, 6) is -1.35. The van der Waals surface area contributed by atoms with E-state index in [1.54, 1.807) is 6.07 Å². The molecule has 2 N–H and O–H groups in total. The van der Waals surface area contributed by atoms with Gasteiger partial charge in [0.05, 0.1) is 12.2 Å². The van der Waals surface area contributed by atoms with Crippen molar-refractivity contribution in [1.29, 1.82) is 0 Å². The van der Waals surface area contributed by atoms with Crippen molar-refractivity contribution in [2.24, 2.45) is 5.41 Å². The van der Waals surface area contributed by atoms with E-state index in [4.69, 9.17) is 9.47 Å². The first-order valence-corrected chi connectivity index (χ1v) is 14.8. The Morgan fingerprint density at radius 3 is 2.95 bits per heavy atom. The van der Waals surface area contributed by atoms with E-state index in [0.29, 0.717) is 37.3 Å². The molecule has 210 valence electrons. The van der Waals surface area contributed by atoms with Crippen LogP contribution in [0.3, 0.4) is 0 Å². The van der Waals surface area contributed by atoms with Gasteiger partial charge in [-0.25, -0.2) is 4.39 Å². The third-order valence-electron chi connectivity index (χ3n) is 9.32. The molecule has 1 aliphatic carbocycles. The van der Waals surface area contributed by atoms with Crippen LogP contribution in [0.15, 0.2) is 36.4 Å². The van der Waals surface area contributed by atoms with E-state index in [9.17, 15) is 14.3 Å². The number of halogens is 1.